The minimum absolute atomic E-state index is 0.134. The number of nitrogens with two attached hydrogens (primary N) is 1. The van der Waals surface area contributed by atoms with Crippen LogP contribution in [0.3, 0.4) is 0 Å². The van der Waals surface area contributed by atoms with E-state index in [1.807, 2.05) is 38.5 Å². The average molecular weight is 256 g/mol. The number of aromatic nitrogens is 2. The Kier molecular flexibility index (Phi) is 4.47. The molecular weight excluding hydrogens is 236 g/mol. The largest absolute Gasteiger partial charge is 0.355 e. The standard InChI is InChI=1S/C15H20N4/c1-12(16)9-14-6-4-8-18-15(14)19(2)11-13-5-3-7-17-10-13/h3-8,10,12H,9,11,16H2,1-2H3. The first-order valence-corrected chi connectivity index (χ1v) is 6.46. The molecule has 0 bridgehead atoms. The smallest absolute Gasteiger partial charge is 0.131 e. The lowest BCUT2D eigenvalue weighted by molar-refractivity contribution is 0.730. The minimum atomic E-state index is 0.134. The lowest BCUT2D eigenvalue weighted by Gasteiger charge is -2.21. The van der Waals surface area contributed by atoms with Gasteiger partial charge in [-0.15, -0.1) is 0 Å². The Morgan fingerprint density at radius 3 is 2.74 bits per heavy atom. The average Bonchev–Trinajstić information content (AvgIpc) is 2.39. The molecule has 0 aromatic carbocycles. The van der Waals surface area contributed by atoms with E-state index in [4.69, 9.17) is 5.73 Å². The summed E-state index contributed by atoms with van der Waals surface area (Å²) in [5, 5.41) is 0. The van der Waals surface area contributed by atoms with Crippen molar-refractivity contribution < 1.29 is 0 Å². The van der Waals surface area contributed by atoms with Crippen LogP contribution in [0.15, 0.2) is 42.9 Å². The molecular formula is C15H20N4. The fourth-order valence-electron chi connectivity index (χ4n) is 2.12. The number of rotatable bonds is 5. The quantitative estimate of drug-likeness (QED) is 0.889. The Morgan fingerprint density at radius 2 is 2.05 bits per heavy atom. The normalized spacial score (nSPS) is 12.2. The molecule has 2 aromatic heterocycles. The Balaban J connectivity index is 2.16. The molecule has 0 saturated carbocycles. The third-order valence-electron chi connectivity index (χ3n) is 2.91. The van der Waals surface area contributed by atoms with Crippen LogP contribution in [0.1, 0.15) is 18.1 Å². The predicted molar refractivity (Wildman–Crippen MR) is 77.9 cm³/mol. The Morgan fingerprint density at radius 1 is 1.26 bits per heavy atom. The van der Waals surface area contributed by atoms with E-state index in [9.17, 15) is 0 Å². The third kappa shape index (κ3) is 3.76. The van der Waals surface area contributed by atoms with Gasteiger partial charge in [0.25, 0.3) is 0 Å². The van der Waals surface area contributed by atoms with Crippen LogP contribution in [0.2, 0.25) is 0 Å². The molecule has 0 spiro atoms. The van der Waals surface area contributed by atoms with Gasteiger partial charge in [-0.25, -0.2) is 4.98 Å². The third-order valence-corrected chi connectivity index (χ3v) is 2.91. The lowest BCUT2D eigenvalue weighted by atomic mass is 10.1. The zero-order valence-corrected chi connectivity index (χ0v) is 11.5. The second kappa shape index (κ2) is 6.29. The molecule has 0 aliphatic heterocycles. The molecule has 1 atom stereocenters. The first-order chi connectivity index (χ1) is 9.16. The highest BCUT2D eigenvalue weighted by atomic mass is 15.2. The molecule has 1 unspecified atom stereocenters. The van der Waals surface area contributed by atoms with Gasteiger partial charge >= 0.3 is 0 Å². The van der Waals surface area contributed by atoms with Gasteiger partial charge in [0.15, 0.2) is 0 Å². The van der Waals surface area contributed by atoms with E-state index in [2.05, 4.69) is 27.0 Å². The van der Waals surface area contributed by atoms with Crippen molar-refractivity contribution >= 4 is 5.82 Å². The van der Waals surface area contributed by atoms with Crippen LogP contribution < -0.4 is 10.6 Å². The molecule has 2 heterocycles. The van der Waals surface area contributed by atoms with Crippen LogP contribution in [0.25, 0.3) is 0 Å². The molecule has 2 aromatic rings. The topological polar surface area (TPSA) is 55.0 Å². The summed E-state index contributed by atoms with van der Waals surface area (Å²) in [7, 11) is 2.04. The Labute approximate surface area is 114 Å². The molecule has 100 valence electrons. The summed E-state index contributed by atoms with van der Waals surface area (Å²) in [6.07, 6.45) is 6.32. The van der Waals surface area contributed by atoms with Crippen molar-refractivity contribution in [2.45, 2.75) is 25.9 Å². The van der Waals surface area contributed by atoms with Gasteiger partial charge in [0.1, 0.15) is 5.82 Å². The number of hydrogen-bond acceptors (Lipinski definition) is 4. The van der Waals surface area contributed by atoms with Crippen LogP contribution in [-0.2, 0) is 13.0 Å². The highest BCUT2D eigenvalue weighted by molar-refractivity contribution is 5.46. The van der Waals surface area contributed by atoms with E-state index in [0.29, 0.717) is 0 Å². The summed E-state index contributed by atoms with van der Waals surface area (Å²) in [6.45, 7) is 2.80. The van der Waals surface area contributed by atoms with Gasteiger partial charge in [0, 0.05) is 38.2 Å². The van der Waals surface area contributed by atoms with Gasteiger partial charge in [-0.2, -0.15) is 0 Å². The molecule has 4 heteroatoms. The number of anilines is 1. The minimum Gasteiger partial charge on any atom is -0.355 e. The fraction of sp³-hybridized carbons (Fsp3) is 0.333. The van der Waals surface area contributed by atoms with Crippen LogP contribution in [0, 0.1) is 0 Å². The molecule has 2 rings (SSSR count). The summed E-state index contributed by atoms with van der Waals surface area (Å²) < 4.78 is 0. The van der Waals surface area contributed by atoms with Crippen LogP contribution in [-0.4, -0.2) is 23.1 Å². The first kappa shape index (κ1) is 13.5. The molecule has 0 fully saturated rings. The second-order valence-corrected chi connectivity index (χ2v) is 4.88. The zero-order valence-electron chi connectivity index (χ0n) is 11.5. The predicted octanol–water partition coefficient (Wildman–Crippen LogP) is 2.00. The summed E-state index contributed by atoms with van der Waals surface area (Å²) in [4.78, 5) is 10.7. The van der Waals surface area contributed by atoms with E-state index < -0.39 is 0 Å². The van der Waals surface area contributed by atoms with Crippen molar-refractivity contribution in [3.05, 3.63) is 54.0 Å². The van der Waals surface area contributed by atoms with Gasteiger partial charge in [-0.05, 0) is 36.6 Å². The molecule has 2 N–H and O–H groups in total. The van der Waals surface area contributed by atoms with Crippen molar-refractivity contribution in [1.82, 2.24) is 9.97 Å². The zero-order chi connectivity index (χ0) is 13.7. The van der Waals surface area contributed by atoms with E-state index in [1.54, 1.807) is 6.20 Å². The molecule has 4 nitrogen and oxygen atoms in total. The molecule has 0 amide bonds. The molecule has 0 aliphatic carbocycles. The van der Waals surface area contributed by atoms with Gasteiger partial charge in [0.05, 0.1) is 0 Å². The molecule has 19 heavy (non-hydrogen) atoms. The summed E-state index contributed by atoms with van der Waals surface area (Å²) >= 11 is 0. The maximum absolute atomic E-state index is 5.89. The molecule has 0 aliphatic rings. The SMILES string of the molecule is CC(N)Cc1cccnc1N(C)Cc1cccnc1. The van der Waals surface area contributed by atoms with Crippen LogP contribution >= 0.6 is 0 Å². The Bertz CT molecular complexity index is 511. The lowest BCUT2D eigenvalue weighted by Crippen LogP contribution is -2.23. The van der Waals surface area contributed by atoms with E-state index in [1.165, 1.54) is 11.1 Å². The number of hydrogen-bond donors (Lipinski definition) is 1. The first-order valence-electron chi connectivity index (χ1n) is 6.46. The monoisotopic (exact) mass is 256 g/mol. The van der Waals surface area contributed by atoms with Crippen molar-refractivity contribution in [1.29, 1.82) is 0 Å². The van der Waals surface area contributed by atoms with Gasteiger partial charge in [-0.1, -0.05) is 12.1 Å². The summed E-state index contributed by atoms with van der Waals surface area (Å²) in [5.74, 6) is 0.989. The number of pyridine rings is 2. The Hall–Kier alpha value is -1.94. The van der Waals surface area contributed by atoms with Crippen molar-refractivity contribution in [3.63, 3.8) is 0 Å². The van der Waals surface area contributed by atoms with Gasteiger partial charge in [0.2, 0.25) is 0 Å². The van der Waals surface area contributed by atoms with Crippen molar-refractivity contribution in [2.75, 3.05) is 11.9 Å². The highest BCUT2D eigenvalue weighted by Gasteiger charge is 2.10. The second-order valence-electron chi connectivity index (χ2n) is 4.88. The molecule has 0 saturated heterocycles. The maximum Gasteiger partial charge on any atom is 0.131 e. The van der Waals surface area contributed by atoms with E-state index >= 15 is 0 Å². The van der Waals surface area contributed by atoms with E-state index in [0.717, 1.165) is 18.8 Å². The maximum atomic E-state index is 5.89. The van der Waals surface area contributed by atoms with Gasteiger partial charge in [-0.3, -0.25) is 4.98 Å². The van der Waals surface area contributed by atoms with Crippen LogP contribution in [0.4, 0.5) is 5.82 Å². The fourth-order valence-corrected chi connectivity index (χ4v) is 2.12. The summed E-state index contributed by atoms with van der Waals surface area (Å²) in [6, 6.07) is 8.20. The number of nitrogens with zero attached hydrogens (tertiary/aromatic N) is 3. The highest BCUT2D eigenvalue weighted by Crippen LogP contribution is 2.19. The molecule has 0 radical (unpaired) electrons. The van der Waals surface area contributed by atoms with Gasteiger partial charge < -0.3 is 10.6 Å². The van der Waals surface area contributed by atoms with Crippen molar-refractivity contribution in [3.8, 4) is 0 Å². The van der Waals surface area contributed by atoms with Crippen LogP contribution in [0.5, 0.6) is 0 Å². The summed E-state index contributed by atoms with van der Waals surface area (Å²) in [5.41, 5.74) is 8.24. The van der Waals surface area contributed by atoms with Crippen molar-refractivity contribution in [2.24, 2.45) is 5.73 Å². The van der Waals surface area contributed by atoms with E-state index in [-0.39, 0.29) is 6.04 Å².